The van der Waals surface area contributed by atoms with Crippen molar-refractivity contribution in [3.05, 3.63) is 85.4 Å². The Morgan fingerprint density at radius 3 is 2.27 bits per heavy atom. The van der Waals surface area contributed by atoms with E-state index in [-0.39, 0.29) is 11.5 Å². The zero-order valence-corrected chi connectivity index (χ0v) is 27.1. The Morgan fingerprint density at radius 2 is 1.50 bits per heavy atom. The SMILES string of the molecule is O=C(O)c1ccc(C(=O)N2CCC(C(=O)O)CC2)cc1C1=c2cc3c4c(c2Oc2c1cc1c5c2CCCN5CCC1)CCC[N+]=4CCC3. The zero-order chi connectivity index (χ0) is 32.7. The number of rotatable bonds is 4. The Kier molecular flexibility index (Phi) is 6.88. The quantitative estimate of drug-likeness (QED) is 0.325. The van der Waals surface area contributed by atoms with Crippen LogP contribution in [0, 0.1) is 5.92 Å². The lowest BCUT2D eigenvalue weighted by atomic mass is 9.81. The van der Waals surface area contributed by atoms with E-state index in [1.807, 2.05) is 0 Å². The van der Waals surface area contributed by atoms with Crippen molar-refractivity contribution >= 4 is 29.1 Å². The molecule has 6 aliphatic heterocycles. The molecule has 0 radical (unpaired) electrons. The molecule has 3 aromatic carbocycles. The largest absolute Gasteiger partial charge is 0.481 e. The van der Waals surface area contributed by atoms with E-state index in [4.69, 9.17) is 4.74 Å². The molecule has 1 amide bonds. The van der Waals surface area contributed by atoms with Crippen LogP contribution in [0.1, 0.15) is 92.6 Å². The smallest absolute Gasteiger partial charge is 0.336 e. The molecule has 0 unspecified atom stereocenters. The molecule has 0 bridgehead atoms. The number of hydrogen-bond acceptors (Lipinski definition) is 5. The molecule has 9 nitrogen and oxygen atoms in total. The first-order valence-electron chi connectivity index (χ1n) is 17.7. The molecule has 6 heterocycles. The summed E-state index contributed by atoms with van der Waals surface area (Å²) in [5.41, 5.74) is 9.19. The van der Waals surface area contributed by atoms with Crippen LogP contribution in [0.3, 0.4) is 0 Å². The van der Waals surface area contributed by atoms with Crippen LogP contribution >= 0.6 is 0 Å². The van der Waals surface area contributed by atoms with Gasteiger partial charge in [-0.25, -0.2) is 9.37 Å². The molecular formula is C39H40N3O6+. The number of ether oxygens (including phenoxy) is 1. The van der Waals surface area contributed by atoms with Crippen LogP contribution in [0.25, 0.3) is 5.57 Å². The van der Waals surface area contributed by atoms with E-state index in [0.717, 1.165) is 105 Å². The second kappa shape index (κ2) is 11.2. The van der Waals surface area contributed by atoms with Gasteiger partial charge in [-0.05, 0) is 92.8 Å². The van der Waals surface area contributed by atoms with Crippen LogP contribution in [0.2, 0.25) is 0 Å². The van der Waals surface area contributed by atoms with E-state index < -0.39 is 17.9 Å². The van der Waals surface area contributed by atoms with Gasteiger partial charge in [0.2, 0.25) is 5.36 Å². The number of carbonyl (C=O) groups excluding carboxylic acids is 1. The van der Waals surface area contributed by atoms with E-state index in [0.29, 0.717) is 37.1 Å². The summed E-state index contributed by atoms with van der Waals surface area (Å²) in [5.74, 6) is -0.818. The van der Waals surface area contributed by atoms with Crippen LogP contribution in [-0.4, -0.2) is 72.2 Å². The van der Waals surface area contributed by atoms with Gasteiger partial charge in [-0.3, -0.25) is 9.59 Å². The first-order valence-corrected chi connectivity index (χ1v) is 17.7. The third-order valence-corrected chi connectivity index (χ3v) is 11.6. The molecule has 246 valence electrons. The lowest BCUT2D eigenvalue weighted by Crippen LogP contribution is -2.45. The zero-order valence-electron chi connectivity index (χ0n) is 27.1. The summed E-state index contributed by atoms with van der Waals surface area (Å²) in [5, 5.41) is 22.3. The molecule has 2 N–H and O–H groups in total. The molecule has 0 saturated carbocycles. The Bertz CT molecular complexity index is 2070. The van der Waals surface area contributed by atoms with Crippen LogP contribution in [0.5, 0.6) is 11.5 Å². The number of aliphatic carboxylic acids is 1. The molecule has 9 heteroatoms. The Labute approximate surface area is 278 Å². The lowest BCUT2D eigenvalue weighted by molar-refractivity contribution is -0.143. The number of anilines is 1. The summed E-state index contributed by atoms with van der Waals surface area (Å²) in [6, 6.07) is 9.46. The van der Waals surface area contributed by atoms with Gasteiger partial charge in [-0.2, -0.15) is 0 Å². The molecule has 48 heavy (non-hydrogen) atoms. The third kappa shape index (κ3) is 4.49. The molecule has 0 aromatic heterocycles. The molecule has 1 fully saturated rings. The summed E-state index contributed by atoms with van der Waals surface area (Å²) in [6.45, 7) is 4.88. The average Bonchev–Trinajstić information content (AvgIpc) is 3.11. The van der Waals surface area contributed by atoms with Crippen molar-refractivity contribution in [3.63, 3.8) is 0 Å². The molecule has 1 saturated heterocycles. The van der Waals surface area contributed by atoms with Crippen LogP contribution in [-0.2, 0) is 30.5 Å². The number of carbonyl (C=O) groups is 3. The highest BCUT2D eigenvalue weighted by atomic mass is 16.5. The number of hydrogen-bond donors (Lipinski definition) is 2. The lowest BCUT2D eigenvalue weighted by Gasteiger charge is -2.39. The van der Waals surface area contributed by atoms with Crippen molar-refractivity contribution < 1.29 is 29.3 Å². The van der Waals surface area contributed by atoms with Crippen LogP contribution in [0.15, 0.2) is 30.3 Å². The number of benzene rings is 3. The van der Waals surface area contributed by atoms with Gasteiger partial charge in [0.1, 0.15) is 24.6 Å². The summed E-state index contributed by atoms with van der Waals surface area (Å²) >= 11 is 0. The predicted molar refractivity (Wildman–Crippen MR) is 180 cm³/mol. The number of amides is 1. The molecule has 0 spiro atoms. The van der Waals surface area contributed by atoms with Gasteiger partial charge in [0.05, 0.1) is 17.0 Å². The van der Waals surface area contributed by atoms with E-state index in [1.54, 1.807) is 23.1 Å². The number of fused-ring (bicyclic) bond motifs is 4. The molecular weight excluding hydrogens is 606 g/mol. The number of carboxylic acids is 2. The number of nitrogens with zero attached hydrogens (tertiary/aromatic N) is 3. The van der Waals surface area contributed by atoms with Gasteiger partial charge in [-0.1, -0.05) is 0 Å². The highest BCUT2D eigenvalue weighted by Gasteiger charge is 2.37. The standard InChI is InChI=1S/C39H39N3O6/c43-37(42-17-11-22(12-18-42)38(44)45)25-9-10-26(39(46)47)29(21-25)32-30-19-23-5-1-13-40-15-3-7-27(33(23)40)35(30)48-36-28-8-4-16-41-14-2-6-24(34(28)41)20-31(32)36/h9-10,19-22H,1-8,11-18H2,(H-,44,45,46,47)/p+1. The van der Waals surface area contributed by atoms with E-state index in [2.05, 4.69) is 21.6 Å². The minimum Gasteiger partial charge on any atom is -0.481 e. The second-order valence-electron chi connectivity index (χ2n) is 14.3. The summed E-state index contributed by atoms with van der Waals surface area (Å²) < 4.78 is 9.63. The second-order valence-corrected chi connectivity index (χ2v) is 14.3. The van der Waals surface area contributed by atoms with Gasteiger partial charge in [-0.15, -0.1) is 0 Å². The van der Waals surface area contributed by atoms with Gasteiger partial charge in [0.25, 0.3) is 5.91 Å². The Balaban J connectivity index is 1.31. The fraction of sp³-hybridized carbons (Fsp3) is 0.436. The summed E-state index contributed by atoms with van der Waals surface area (Å²) in [7, 11) is 0. The maximum atomic E-state index is 13.9. The fourth-order valence-corrected chi connectivity index (χ4v) is 9.39. The predicted octanol–water partition coefficient (Wildman–Crippen LogP) is 3.76. The number of piperidine rings is 1. The minimum atomic E-state index is -1.04. The summed E-state index contributed by atoms with van der Waals surface area (Å²) in [6.07, 6.45) is 8.81. The van der Waals surface area contributed by atoms with Crippen molar-refractivity contribution in [1.82, 2.24) is 9.48 Å². The first-order chi connectivity index (χ1) is 23.4. The van der Waals surface area contributed by atoms with E-state index >= 15 is 0 Å². The minimum absolute atomic E-state index is 0.158. The fourth-order valence-electron chi connectivity index (χ4n) is 9.39. The van der Waals surface area contributed by atoms with Gasteiger partial charge >= 0.3 is 11.9 Å². The van der Waals surface area contributed by atoms with Crippen LogP contribution in [0.4, 0.5) is 5.69 Å². The van der Waals surface area contributed by atoms with Crippen molar-refractivity contribution in [2.24, 2.45) is 5.92 Å². The maximum Gasteiger partial charge on any atom is 0.336 e. The maximum absolute atomic E-state index is 13.9. The van der Waals surface area contributed by atoms with Crippen molar-refractivity contribution in [3.8, 4) is 11.5 Å². The average molecular weight is 647 g/mol. The van der Waals surface area contributed by atoms with Gasteiger partial charge in [0.15, 0.2) is 0 Å². The first kappa shape index (κ1) is 29.5. The summed E-state index contributed by atoms with van der Waals surface area (Å²) in [4.78, 5) is 42.7. The molecule has 0 atom stereocenters. The van der Waals surface area contributed by atoms with Crippen LogP contribution < -0.4 is 24.8 Å². The third-order valence-electron chi connectivity index (χ3n) is 11.6. The van der Waals surface area contributed by atoms with E-state index in [1.165, 1.54) is 33.3 Å². The number of carboxylic acid groups (broad SMARTS) is 2. The topological polar surface area (TPSA) is 110 Å². The van der Waals surface area contributed by atoms with E-state index in [9.17, 15) is 24.6 Å². The highest BCUT2D eigenvalue weighted by Crippen LogP contribution is 2.49. The number of aryl methyl sites for hydroxylation is 2. The van der Waals surface area contributed by atoms with Crippen molar-refractivity contribution in [1.29, 1.82) is 0 Å². The molecule has 9 rings (SSSR count). The Hall–Kier alpha value is -4.66. The van der Waals surface area contributed by atoms with Crippen molar-refractivity contribution in [2.45, 2.75) is 64.2 Å². The monoisotopic (exact) mass is 646 g/mol. The molecule has 0 aliphatic carbocycles. The normalized spacial score (nSPS) is 19.5. The molecule has 6 aliphatic rings. The van der Waals surface area contributed by atoms with Gasteiger partial charge < -0.3 is 24.7 Å². The molecule has 3 aromatic rings. The number of likely N-dealkylation sites (tertiary alicyclic amines) is 1. The Morgan fingerprint density at radius 1 is 0.771 bits per heavy atom. The highest BCUT2D eigenvalue weighted by molar-refractivity contribution is 6.02. The van der Waals surface area contributed by atoms with Gasteiger partial charge in [0, 0.05) is 77.8 Å². The van der Waals surface area contributed by atoms with Crippen molar-refractivity contribution in [2.75, 3.05) is 44.2 Å². The number of aromatic carboxylic acids is 1.